The molecule has 0 aliphatic carbocycles. The van der Waals surface area contributed by atoms with Gasteiger partial charge in [-0.3, -0.25) is 14.7 Å². The molecule has 9 heteroatoms. The van der Waals surface area contributed by atoms with Gasteiger partial charge in [-0.15, -0.1) is 0 Å². The molecule has 5 N–H and O–H groups in total. The Bertz CT molecular complexity index is 2010. The summed E-state index contributed by atoms with van der Waals surface area (Å²) in [5.74, 6) is 0.258. The summed E-state index contributed by atoms with van der Waals surface area (Å²) >= 11 is 0. The first-order chi connectivity index (χ1) is 20.4. The van der Waals surface area contributed by atoms with Crippen LogP contribution >= 0.6 is 0 Å². The lowest BCUT2D eigenvalue weighted by Crippen LogP contribution is -2.47. The topological polar surface area (TPSA) is 123 Å². The number of nitrogens with one attached hydrogen (secondary N) is 3. The van der Waals surface area contributed by atoms with E-state index in [9.17, 15) is 9.59 Å². The van der Waals surface area contributed by atoms with Crippen molar-refractivity contribution in [2.75, 3.05) is 38.5 Å². The van der Waals surface area contributed by atoms with Crippen molar-refractivity contribution in [3.8, 4) is 11.1 Å². The Hall–Kier alpha value is -5.15. The highest BCUT2D eigenvalue weighted by Crippen LogP contribution is 2.40. The van der Waals surface area contributed by atoms with E-state index in [2.05, 4.69) is 45.4 Å². The fourth-order valence-electron chi connectivity index (χ4n) is 6.02. The van der Waals surface area contributed by atoms with Crippen LogP contribution < -0.4 is 11.1 Å². The summed E-state index contributed by atoms with van der Waals surface area (Å²) in [5.41, 5.74) is 13.2. The molecule has 0 unspecified atom stereocenters. The zero-order chi connectivity index (χ0) is 29.0. The van der Waals surface area contributed by atoms with Gasteiger partial charge in [0, 0.05) is 59.1 Å². The van der Waals surface area contributed by atoms with E-state index in [0.29, 0.717) is 29.7 Å². The van der Waals surface area contributed by atoms with Gasteiger partial charge in [-0.1, -0.05) is 36.4 Å². The molecule has 1 fully saturated rings. The average molecular weight is 558 g/mol. The Morgan fingerprint density at radius 3 is 2.50 bits per heavy atom. The van der Waals surface area contributed by atoms with Gasteiger partial charge in [0.2, 0.25) is 0 Å². The third-order valence-electron chi connectivity index (χ3n) is 8.40. The maximum atomic E-state index is 13.3. The lowest BCUT2D eigenvalue weighted by Gasteiger charge is -2.32. The zero-order valence-corrected chi connectivity index (χ0v) is 23.5. The van der Waals surface area contributed by atoms with Gasteiger partial charge in [0.1, 0.15) is 0 Å². The molecular weight excluding hydrogens is 526 g/mol. The fraction of sp³-hybridized carbons (Fsp3) is 0.182. The minimum absolute atomic E-state index is 0.0134. The molecule has 0 atom stereocenters. The van der Waals surface area contributed by atoms with Crippen molar-refractivity contribution in [1.29, 1.82) is 0 Å². The third kappa shape index (κ3) is 4.26. The number of amides is 2. The Morgan fingerprint density at radius 1 is 0.881 bits per heavy atom. The van der Waals surface area contributed by atoms with Gasteiger partial charge in [0.05, 0.1) is 16.6 Å². The molecular formula is C33H31N7O2. The first kappa shape index (κ1) is 25.8. The Kier molecular flexibility index (Phi) is 6.17. The van der Waals surface area contributed by atoms with Crippen LogP contribution in [-0.4, -0.2) is 70.0 Å². The van der Waals surface area contributed by atoms with Crippen LogP contribution in [0, 0.1) is 6.92 Å². The number of rotatable bonds is 5. The van der Waals surface area contributed by atoms with Crippen molar-refractivity contribution < 1.29 is 9.59 Å². The number of aromatic amines is 2. The highest BCUT2D eigenvalue weighted by molar-refractivity contribution is 6.20. The van der Waals surface area contributed by atoms with Crippen LogP contribution in [0.25, 0.3) is 43.8 Å². The van der Waals surface area contributed by atoms with Crippen molar-refractivity contribution in [3.05, 3.63) is 89.5 Å². The highest BCUT2D eigenvalue weighted by Gasteiger charge is 2.23. The summed E-state index contributed by atoms with van der Waals surface area (Å²) in [6.07, 6.45) is 0. The maximum absolute atomic E-state index is 13.3. The number of para-hydroxylation sites is 1. The van der Waals surface area contributed by atoms with E-state index in [1.54, 1.807) is 6.07 Å². The fourth-order valence-corrected chi connectivity index (χ4v) is 6.02. The van der Waals surface area contributed by atoms with E-state index in [0.717, 1.165) is 68.5 Å². The van der Waals surface area contributed by atoms with Crippen molar-refractivity contribution >= 4 is 56.0 Å². The molecule has 4 aromatic carbocycles. The van der Waals surface area contributed by atoms with E-state index >= 15 is 0 Å². The van der Waals surface area contributed by atoms with Crippen LogP contribution in [0.3, 0.4) is 0 Å². The van der Waals surface area contributed by atoms with Gasteiger partial charge >= 0.3 is 0 Å². The highest BCUT2D eigenvalue weighted by atomic mass is 16.2. The Labute approximate surface area is 242 Å². The number of benzene rings is 4. The van der Waals surface area contributed by atoms with Gasteiger partial charge in [0.25, 0.3) is 11.8 Å². The summed E-state index contributed by atoms with van der Waals surface area (Å²) in [5, 5.41) is 13.9. The molecule has 0 radical (unpaired) electrons. The number of carbonyl (C=O) groups is 2. The predicted molar refractivity (Wildman–Crippen MR) is 167 cm³/mol. The minimum Gasteiger partial charge on any atom is -0.366 e. The van der Waals surface area contributed by atoms with Crippen molar-refractivity contribution in [3.63, 3.8) is 0 Å². The second-order valence-corrected chi connectivity index (χ2v) is 11.0. The maximum Gasteiger partial charge on any atom is 0.254 e. The molecule has 3 heterocycles. The number of carbonyl (C=O) groups excluding carboxylic acids is 2. The van der Waals surface area contributed by atoms with Gasteiger partial charge in [-0.2, -0.15) is 5.10 Å². The van der Waals surface area contributed by atoms with Crippen molar-refractivity contribution in [1.82, 2.24) is 25.0 Å². The molecule has 0 bridgehead atoms. The number of nitrogens with two attached hydrogens (primary N) is 1. The first-order valence-corrected chi connectivity index (χ1v) is 14.0. The average Bonchev–Trinajstić information content (AvgIpc) is 3.59. The minimum atomic E-state index is -0.510. The van der Waals surface area contributed by atoms with Gasteiger partial charge in [-0.25, -0.2) is 0 Å². The Balaban J connectivity index is 1.34. The summed E-state index contributed by atoms with van der Waals surface area (Å²) in [7, 11) is 2.07. The first-order valence-electron chi connectivity index (χ1n) is 14.0. The molecule has 7 rings (SSSR count). The number of hydrogen-bond acceptors (Lipinski definition) is 5. The van der Waals surface area contributed by atoms with E-state index < -0.39 is 5.91 Å². The largest absolute Gasteiger partial charge is 0.366 e. The number of anilines is 2. The van der Waals surface area contributed by atoms with E-state index in [1.807, 2.05) is 65.6 Å². The Morgan fingerprint density at radius 2 is 1.69 bits per heavy atom. The van der Waals surface area contributed by atoms with E-state index in [-0.39, 0.29) is 5.91 Å². The molecule has 1 aliphatic rings. The van der Waals surface area contributed by atoms with Crippen LogP contribution in [0.4, 0.5) is 11.5 Å². The van der Waals surface area contributed by atoms with E-state index in [1.165, 1.54) is 0 Å². The van der Waals surface area contributed by atoms with Gasteiger partial charge < -0.3 is 25.8 Å². The molecule has 2 amide bonds. The lowest BCUT2D eigenvalue weighted by molar-refractivity contribution is 0.0664. The number of primary amides is 1. The van der Waals surface area contributed by atoms with Crippen LogP contribution in [0.15, 0.2) is 72.8 Å². The molecule has 9 nitrogen and oxygen atoms in total. The third-order valence-corrected chi connectivity index (χ3v) is 8.40. The second-order valence-electron chi connectivity index (χ2n) is 11.0. The smallest absolute Gasteiger partial charge is 0.254 e. The molecule has 42 heavy (non-hydrogen) atoms. The van der Waals surface area contributed by atoms with Crippen LogP contribution in [0.1, 0.15) is 26.3 Å². The molecule has 0 saturated carbocycles. The molecule has 6 aromatic rings. The van der Waals surface area contributed by atoms with Gasteiger partial charge in [0.15, 0.2) is 5.82 Å². The van der Waals surface area contributed by atoms with Crippen molar-refractivity contribution in [2.45, 2.75) is 6.92 Å². The molecule has 1 aliphatic heterocycles. The molecule has 2 aromatic heterocycles. The monoisotopic (exact) mass is 557 g/mol. The van der Waals surface area contributed by atoms with Crippen LogP contribution in [-0.2, 0) is 0 Å². The standard InChI is InChI=1S/C33H31N7O2/c1-19-21(7-5-9-26(19)36-32-24-6-3-4-8-27(24)37-38-32)22-12-13-25(31(34)41)30-29(22)23-11-10-20(18-28(23)35-30)33(42)40-16-14-39(2)15-17-40/h3-13,18,35H,14-17H2,1-2H3,(H2,34,41)(H2,36,37,38). The van der Waals surface area contributed by atoms with Crippen molar-refractivity contribution in [2.24, 2.45) is 5.73 Å². The predicted octanol–water partition coefficient (Wildman–Crippen LogP) is 5.40. The number of hydrogen-bond donors (Lipinski definition) is 4. The number of likely N-dealkylation sites (N-methyl/N-ethyl adjacent to an activating group) is 1. The summed E-state index contributed by atoms with van der Waals surface area (Å²) in [4.78, 5) is 33.3. The lowest BCUT2D eigenvalue weighted by atomic mass is 9.93. The van der Waals surface area contributed by atoms with Crippen LogP contribution in [0.5, 0.6) is 0 Å². The molecule has 210 valence electrons. The normalized spacial score (nSPS) is 14.2. The SMILES string of the molecule is Cc1c(Nc2n[nH]c3ccccc23)cccc1-c1ccc(C(N)=O)c2[nH]c3cc(C(=O)N4CCN(C)CC4)ccc3c12. The number of fused-ring (bicyclic) bond motifs is 4. The summed E-state index contributed by atoms with van der Waals surface area (Å²) < 4.78 is 0. The number of aromatic nitrogens is 3. The quantitative estimate of drug-likeness (QED) is 0.226. The number of nitrogens with zero attached hydrogens (tertiary/aromatic N) is 3. The summed E-state index contributed by atoms with van der Waals surface area (Å²) in [6, 6.07) is 23.6. The van der Waals surface area contributed by atoms with Gasteiger partial charge in [-0.05, 0) is 67.1 Å². The number of piperazine rings is 1. The molecule has 1 saturated heterocycles. The van der Waals surface area contributed by atoms with Crippen LogP contribution in [0.2, 0.25) is 0 Å². The zero-order valence-electron chi connectivity index (χ0n) is 23.5. The summed E-state index contributed by atoms with van der Waals surface area (Å²) in [6.45, 7) is 5.19. The second kappa shape index (κ2) is 10.0. The molecule has 0 spiro atoms. The van der Waals surface area contributed by atoms with E-state index in [4.69, 9.17) is 5.73 Å². The number of H-pyrrole nitrogens is 2.